The molecule has 9 nitrogen and oxygen atoms in total. The van der Waals surface area contributed by atoms with Gasteiger partial charge in [0, 0.05) is 5.56 Å². The van der Waals surface area contributed by atoms with Crippen molar-refractivity contribution in [3.8, 4) is 45.3 Å². The molecule has 8 aromatic rings. The lowest BCUT2D eigenvalue weighted by molar-refractivity contribution is 0.481. The van der Waals surface area contributed by atoms with Gasteiger partial charge >= 0.3 is 0 Å². The quantitative estimate of drug-likeness (QED) is 0.112. The van der Waals surface area contributed by atoms with Crippen LogP contribution in [0.1, 0.15) is 22.3 Å². The Bertz CT molecular complexity index is 3240. The molecule has 0 unspecified atom stereocenters. The topological polar surface area (TPSA) is 141 Å². The van der Waals surface area contributed by atoms with Crippen LogP contribution < -0.4 is 9.47 Å². The van der Waals surface area contributed by atoms with Gasteiger partial charge in [-0.2, -0.15) is 8.42 Å². The molecule has 0 atom stereocenters. The second-order valence-corrected chi connectivity index (χ2v) is 20.3. The molecule has 0 saturated heterocycles. The maximum atomic E-state index is 13.5. The van der Waals surface area contributed by atoms with Crippen LogP contribution in [0.3, 0.4) is 0 Å². The van der Waals surface area contributed by atoms with Crippen molar-refractivity contribution in [2.75, 3.05) is 0 Å². The van der Waals surface area contributed by atoms with E-state index in [9.17, 15) is 29.8 Å². The summed E-state index contributed by atoms with van der Waals surface area (Å²) < 4.78 is 99.8. The zero-order valence-electron chi connectivity index (χ0n) is 34.0. The Morgan fingerprint density at radius 3 is 1.10 bits per heavy atom. The van der Waals surface area contributed by atoms with Crippen LogP contribution >= 0.6 is 0 Å². The zero-order valence-corrected chi connectivity index (χ0v) is 36.5. The first-order chi connectivity index (χ1) is 30.1. The van der Waals surface area contributed by atoms with E-state index in [1.807, 2.05) is 74.5 Å². The fourth-order valence-corrected chi connectivity index (χ4v) is 10.2. The minimum atomic E-state index is -4.52. The van der Waals surface area contributed by atoms with E-state index in [4.69, 9.17) is 9.47 Å². The number of benzene rings is 8. The van der Waals surface area contributed by atoms with Crippen LogP contribution in [0.15, 0.2) is 213 Å². The van der Waals surface area contributed by atoms with E-state index in [2.05, 4.69) is 0 Å². The molecule has 0 heterocycles. The van der Waals surface area contributed by atoms with Gasteiger partial charge in [-0.1, -0.05) is 96.1 Å². The predicted molar refractivity (Wildman–Crippen MR) is 243 cm³/mol. The second-order valence-electron chi connectivity index (χ2n) is 15.0. The summed E-state index contributed by atoms with van der Waals surface area (Å²) in [6, 6.07) is 52.8. The Hall–Kier alpha value is -6.83. The van der Waals surface area contributed by atoms with Gasteiger partial charge in [0.05, 0.1) is 19.6 Å². The first-order valence-electron chi connectivity index (χ1n) is 19.7. The highest BCUT2D eigenvalue weighted by Crippen LogP contribution is 2.33. The lowest BCUT2D eigenvalue weighted by atomic mass is 9.99. The van der Waals surface area contributed by atoms with Crippen molar-refractivity contribution in [3.63, 3.8) is 0 Å². The van der Waals surface area contributed by atoms with Crippen LogP contribution in [0.5, 0.6) is 23.0 Å². The Kier molecular flexibility index (Phi) is 11.9. The normalized spacial score (nSPS) is 11.9. The third-order valence-electron chi connectivity index (χ3n) is 10.4. The number of ether oxygens (including phenoxy) is 2. The van der Waals surface area contributed by atoms with Crippen molar-refractivity contribution in [2.45, 2.75) is 44.7 Å². The zero-order chi connectivity index (χ0) is 44.4. The van der Waals surface area contributed by atoms with Crippen molar-refractivity contribution >= 4 is 29.8 Å². The van der Waals surface area contributed by atoms with Crippen molar-refractivity contribution < 1.29 is 39.3 Å². The van der Waals surface area contributed by atoms with E-state index in [1.54, 1.807) is 84.9 Å². The van der Waals surface area contributed by atoms with Gasteiger partial charge in [0.1, 0.15) is 27.9 Å². The molecule has 0 fully saturated rings. The first kappa shape index (κ1) is 42.8. The molecule has 0 aliphatic rings. The molecule has 0 amide bonds. The fraction of sp³-hybridized carbons (Fsp3) is 0.0588. The van der Waals surface area contributed by atoms with Gasteiger partial charge in [0.15, 0.2) is 0 Å². The number of sulfone groups is 2. The first-order valence-corrected chi connectivity index (χ1v) is 24.1. The van der Waals surface area contributed by atoms with Crippen LogP contribution in [-0.2, 0) is 36.2 Å². The fourth-order valence-electron chi connectivity index (χ4n) is 6.95. The maximum absolute atomic E-state index is 13.5. The number of hydrogen-bond donors (Lipinski definition) is 1. The van der Waals surface area contributed by atoms with Crippen LogP contribution in [0, 0.1) is 13.8 Å². The minimum absolute atomic E-state index is 0.0953. The summed E-state index contributed by atoms with van der Waals surface area (Å²) in [7, 11) is -12.0. The molecule has 0 saturated carbocycles. The largest absolute Gasteiger partial charge is 0.457 e. The van der Waals surface area contributed by atoms with Gasteiger partial charge in [-0.25, -0.2) is 16.8 Å². The second kappa shape index (κ2) is 17.5. The van der Waals surface area contributed by atoms with Gasteiger partial charge in [0.2, 0.25) is 19.7 Å². The molecule has 1 N–H and O–H groups in total. The van der Waals surface area contributed by atoms with Crippen LogP contribution in [0.25, 0.3) is 22.3 Å². The summed E-state index contributed by atoms with van der Waals surface area (Å²) in [4.78, 5) is 0.422. The smallest absolute Gasteiger partial charge is 0.295 e. The number of rotatable bonds is 13. The van der Waals surface area contributed by atoms with E-state index in [0.717, 1.165) is 27.8 Å². The number of hydrogen-bond acceptors (Lipinski definition) is 8. The molecule has 0 bridgehead atoms. The molecule has 0 aliphatic heterocycles. The molecular weight excluding hydrogens is 853 g/mol. The van der Waals surface area contributed by atoms with Gasteiger partial charge in [0.25, 0.3) is 10.1 Å². The van der Waals surface area contributed by atoms with Crippen molar-refractivity contribution in [1.82, 2.24) is 0 Å². The molecule has 12 heteroatoms. The van der Waals surface area contributed by atoms with E-state index in [1.165, 1.54) is 42.5 Å². The molecule has 8 aromatic carbocycles. The van der Waals surface area contributed by atoms with Crippen LogP contribution in [-0.4, -0.2) is 29.8 Å². The van der Waals surface area contributed by atoms with Crippen LogP contribution in [0.4, 0.5) is 0 Å². The summed E-state index contributed by atoms with van der Waals surface area (Å²) in [5.41, 5.74) is 6.32. The average molecular weight is 893 g/mol. The van der Waals surface area contributed by atoms with Crippen molar-refractivity contribution in [3.05, 3.63) is 210 Å². The summed E-state index contributed by atoms with van der Waals surface area (Å²) >= 11 is 0. The maximum Gasteiger partial charge on any atom is 0.295 e. The van der Waals surface area contributed by atoms with E-state index in [0.29, 0.717) is 46.1 Å². The van der Waals surface area contributed by atoms with E-state index in [-0.39, 0.29) is 24.5 Å². The standard InChI is InChI=1S/C51H40O9S3/c1-35-3-10-41(11-4-35)50-32-9-38(34-51(50)63(56,57)58)33-37-7-26-47(27-8-37)62(54,55)49-30-22-45(23-31-49)60-43-18-14-40(15-19-43)39-12-16-42(17-13-39)59-44-20-28-48(29-21-44)61(52,53)46-24-5-36(2)6-25-46/h3-32,34H,33H2,1-2H3,(H,56,57,58). The molecule has 63 heavy (non-hydrogen) atoms. The third kappa shape index (κ3) is 9.80. The average Bonchev–Trinajstić information content (AvgIpc) is 3.28. The Labute approximate surface area is 367 Å². The molecule has 0 radical (unpaired) electrons. The Morgan fingerprint density at radius 1 is 0.381 bits per heavy atom. The SMILES string of the molecule is Cc1ccc(-c2ccc(Cc3ccc(S(=O)(=O)c4ccc(Oc5ccc(-c6ccc(Oc7ccc(S(=O)(=O)c8ccc(C)cc8)cc7)cc6)cc5)cc4)cc3)cc2S(=O)(=O)O)cc1. The molecular formula is C51H40O9S3. The van der Waals surface area contributed by atoms with Crippen molar-refractivity contribution in [1.29, 1.82) is 0 Å². The highest BCUT2D eigenvalue weighted by Gasteiger charge is 2.21. The highest BCUT2D eigenvalue weighted by atomic mass is 32.2. The van der Waals surface area contributed by atoms with E-state index < -0.39 is 29.8 Å². The third-order valence-corrected chi connectivity index (χ3v) is 14.9. The molecule has 0 spiro atoms. The van der Waals surface area contributed by atoms with Gasteiger partial charge < -0.3 is 9.47 Å². The van der Waals surface area contributed by atoms with Crippen LogP contribution in [0.2, 0.25) is 0 Å². The minimum Gasteiger partial charge on any atom is -0.457 e. The summed E-state index contributed by atoms with van der Waals surface area (Å²) in [6.07, 6.45) is 0.315. The lowest BCUT2D eigenvalue weighted by Gasteiger charge is -2.11. The molecule has 0 aliphatic carbocycles. The number of aryl methyl sites for hydroxylation is 2. The summed E-state index contributed by atoms with van der Waals surface area (Å²) in [5, 5.41) is 0. The Balaban J connectivity index is 0.869. The molecule has 8 rings (SSSR count). The van der Waals surface area contributed by atoms with E-state index >= 15 is 0 Å². The van der Waals surface area contributed by atoms with Gasteiger partial charge in [-0.05, 0) is 151 Å². The van der Waals surface area contributed by atoms with Gasteiger partial charge in [-0.15, -0.1) is 0 Å². The van der Waals surface area contributed by atoms with Crippen molar-refractivity contribution in [2.24, 2.45) is 0 Å². The lowest BCUT2D eigenvalue weighted by Crippen LogP contribution is -2.03. The molecule has 0 aromatic heterocycles. The van der Waals surface area contributed by atoms with Gasteiger partial charge in [-0.3, -0.25) is 4.55 Å². The molecule has 316 valence electrons. The summed E-state index contributed by atoms with van der Waals surface area (Å²) in [6.45, 7) is 3.83. The highest BCUT2D eigenvalue weighted by molar-refractivity contribution is 7.91. The monoisotopic (exact) mass is 892 g/mol. The predicted octanol–water partition coefficient (Wildman–Crippen LogP) is 11.7. The Morgan fingerprint density at radius 2 is 0.698 bits per heavy atom. The summed E-state index contributed by atoms with van der Waals surface area (Å²) in [5.74, 6) is 2.11.